The molecule has 0 amide bonds. The number of nitrogens with zero attached hydrogens (tertiary/aromatic N) is 6. The summed E-state index contributed by atoms with van der Waals surface area (Å²) in [6, 6.07) is 11.5. The minimum Gasteiger partial charge on any atom is -0.355 e. The van der Waals surface area contributed by atoms with E-state index in [2.05, 4.69) is 25.0 Å². The number of pyridine rings is 1. The standard InChI is InChI=1S/C21H17FN6O/c22-16-1-2-19-17(9-16)21(25-13-24-19)27-10-14(11-27)12-28-20(29)4-3-18(26-28)15-5-7-23-8-6-15/h1-9,13-14H,10-12H2. The molecule has 3 aromatic heterocycles. The Kier molecular flexibility index (Phi) is 4.23. The van der Waals surface area contributed by atoms with Crippen molar-refractivity contribution in [3.8, 4) is 11.3 Å². The number of aromatic nitrogens is 5. The van der Waals surface area contributed by atoms with Gasteiger partial charge in [-0.05, 0) is 36.4 Å². The topological polar surface area (TPSA) is 76.8 Å². The second-order valence-electron chi connectivity index (χ2n) is 7.10. The molecule has 1 aliphatic rings. The average Bonchev–Trinajstić information content (AvgIpc) is 2.72. The monoisotopic (exact) mass is 388 g/mol. The Labute approximate surface area is 165 Å². The molecule has 0 bridgehead atoms. The summed E-state index contributed by atoms with van der Waals surface area (Å²) >= 11 is 0. The fourth-order valence-corrected chi connectivity index (χ4v) is 3.63. The Balaban J connectivity index is 1.34. The van der Waals surface area contributed by atoms with Crippen LogP contribution in [0, 0.1) is 11.7 Å². The number of hydrogen-bond acceptors (Lipinski definition) is 6. The molecule has 0 aliphatic carbocycles. The van der Waals surface area contributed by atoms with E-state index in [9.17, 15) is 9.18 Å². The van der Waals surface area contributed by atoms with Gasteiger partial charge >= 0.3 is 0 Å². The number of halogens is 1. The number of anilines is 1. The van der Waals surface area contributed by atoms with Crippen LogP contribution in [-0.2, 0) is 6.54 Å². The molecule has 144 valence electrons. The van der Waals surface area contributed by atoms with Gasteiger partial charge in [-0.2, -0.15) is 5.10 Å². The maximum atomic E-state index is 13.7. The highest BCUT2D eigenvalue weighted by Crippen LogP contribution is 2.29. The minimum atomic E-state index is -0.311. The van der Waals surface area contributed by atoms with Crippen molar-refractivity contribution < 1.29 is 4.39 Å². The fourth-order valence-electron chi connectivity index (χ4n) is 3.63. The zero-order valence-electron chi connectivity index (χ0n) is 15.4. The molecular weight excluding hydrogens is 371 g/mol. The Hall–Kier alpha value is -3.68. The zero-order valence-corrected chi connectivity index (χ0v) is 15.4. The third kappa shape index (κ3) is 3.33. The molecule has 4 aromatic rings. The number of rotatable bonds is 4. The van der Waals surface area contributed by atoms with Crippen LogP contribution in [-0.4, -0.2) is 37.8 Å². The summed E-state index contributed by atoms with van der Waals surface area (Å²) in [6.45, 7) is 1.96. The van der Waals surface area contributed by atoms with Crippen LogP contribution in [0.1, 0.15) is 0 Å². The van der Waals surface area contributed by atoms with Gasteiger partial charge < -0.3 is 4.90 Å². The van der Waals surface area contributed by atoms with Gasteiger partial charge in [0, 0.05) is 48.4 Å². The van der Waals surface area contributed by atoms with E-state index in [1.165, 1.54) is 23.1 Å². The lowest BCUT2D eigenvalue weighted by Gasteiger charge is -2.40. The molecule has 0 atom stereocenters. The normalized spacial score (nSPS) is 14.2. The minimum absolute atomic E-state index is 0.129. The Bertz CT molecular complexity index is 1240. The van der Waals surface area contributed by atoms with Crippen molar-refractivity contribution in [2.75, 3.05) is 18.0 Å². The van der Waals surface area contributed by atoms with Gasteiger partial charge in [0.1, 0.15) is 18.0 Å². The van der Waals surface area contributed by atoms with Gasteiger partial charge in [0.15, 0.2) is 0 Å². The number of benzene rings is 1. The van der Waals surface area contributed by atoms with Gasteiger partial charge in [-0.25, -0.2) is 19.0 Å². The van der Waals surface area contributed by atoms with Crippen LogP contribution < -0.4 is 10.5 Å². The van der Waals surface area contributed by atoms with Gasteiger partial charge in [0.2, 0.25) is 0 Å². The average molecular weight is 388 g/mol. The highest BCUT2D eigenvalue weighted by Gasteiger charge is 2.30. The largest absolute Gasteiger partial charge is 0.355 e. The van der Waals surface area contributed by atoms with Crippen molar-refractivity contribution in [1.29, 1.82) is 0 Å². The molecule has 8 heteroatoms. The van der Waals surface area contributed by atoms with Crippen molar-refractivity contribution in [3.05, 3.63) is 77.4 Å². The van der Waals surface area contributed by atoms with Gasteiger partial charge in [0.25, 0.3) is 5.56 Å². The number of hydrogen-bond donors (Lipinski definition) is 0. The molecule has 0 spiro atoms. The van der Waals surface area contributed by atoms with Crippen molar-refractivity contribution in [1.82, 2.24) is 24.7 Å². The van der Waals surface area contributed by atoms with Gasteiger partial charge in [-0.15, -0.1) is 0 Å². The third-order valence-corrected chi connectivity index (χ3v) is 5.11. The molecule has 4 heterocycles. The quantitative estimate of drug-likeness (QED) is 0.535. The molecule has 1 aliphatic heterocycles. The van der Waals surface area contributed by atoms with Crippen LogP contribution in [0.5, 0.6) is 0 Å². The van der Waals surface area contributed by atoms with Gasteiger partial charge in [-0.1, -0.05) is 0 Å². The Morgan fingerprint density at radius 1 is 1.03 bits per heavy atom. The highest BCUT2D eigenvalue weighted by atomic mass is 19.1. The predicted octanol–water partition coefficient (Wildman–Crippen LogP) is 2.52. The summed E-state index contributed by atoms with van der Waals surface area (Å²) in [6.07, 6.45) is 4.89. The Morgan fingerprint density at radius 3 is 2.69 bits per heavy atom. The predicted molar refractivity (Wildman–Crippen MR) is 107 cm³/mol. The van der Waals surface area contributed by atoms with Crippen molar-refractivity contribution in [2.24, 2.45) is 5.92 Å². The van der Waals surface area contributed by atoms with Crippen molar-refractivity contribution in [3.63, 3.8) is 0 Å². The van der Waals surface area contributed by atoms with E-state index in [1.807, 2.05) is 12.1 Å². The van der Waals surface area contributed by atoms with Crippen LogP contribution in [0.3, 0.4) is 0 Å². The first-order valence-electron chi connectivity index (χ1n) is 9.31. The molecule has 0 unspecified atom stereocenters. The first kappa shape index (κ1) is 17.4. The second-order valence-corrected chi connectivity index (χ2v) is 7.10. The van der Waals surface area contributed by atoms with Gasteiger partial charge in [0.05, 0.1) is 17.8 Å². The summed E-state index contributed by atoms with van der Waals surface area (Å²) in [4.78, 5) is 26.9. The smallest absolute Gasteiger partial charge is 0.266 e. The molecule has 5 rings (SSSR count). The summed E-state index contributed by atoms with van der Waals surface area (Å²) < 4.78 is 15.2. The first-order valence-corrected chi connectivity index (χ1v) is 9.31. The summed E-state index contributed by atoms with van der Waals surface area (Å²) in [5.41, 5.74) is 2.23. The van der Waals surface area contributed by atoms with E-state index >= 15 is 0 Å². The molecule has 29 heavy (non-hydrogen) atoms. The van der Waals surface area contributed by atoms with E-state index < -0.39 is 0 Å². The van der Waals surface area contributed by atoms with Crippen LogP contribution >= 0.6 is 0 Å². The fraction of sp³-hybridized carbons (Fsp3) is 0.190. The van der Waals surface area contributed by atoms with Crippen molar-refractivity contribution >= 4 is 16.7 Å². The maximum absolute atomic E-state index is 13.7. The van der Waals surface area contributed by atoms with E-state index in [0.717, 1.165) is 30.2 Å². The number of fused-ring (bicyclic) bond motifs is 1. The van der Waals surface area contributed by atoms with Crippen LogP contribution in [0.2, 0.25) is 0 Å². The molecule has 1 aromatic carbocycles. The van der Waals surface area contributed by atoms with Gasteiger partial charge in [-0.3, -0.25) is 9.78 Å². The lowest BCUT2D eigenvalue weighted by Crippen LogP contribution is -2.50. The summed E-state index contributed by atoms with van der Waals surface area (Å²) in [7, 11) is 0. The molecular formula is C21H17FN6O. The second kappa shape index (κ2) is 7.05. The summed E-state index contributed by atoms with van der Waals surface area (Å²) in [5, 5.41) is 5.20. The molecule has 0 N–H and O–H groups in total. The van der Waals surface area contributed by atoms with Crippen LogP contribution in [0.15, 0.2) is 66.0 Å². The van der Waals surface area contributed by atoms with E-state index in [4.69, 9.17) is 0 Å². The Morgan fingerprint density at radius 2 is 1.86 bits per heavy atom. The molecule has 0 radical (unpaired) electrons. The first-order chi connectivity index (χ1) is 14.2. The maximum Gasteiger partial charge on any atom is 0.266 e. The molecule has 7 nitrogen and oxygen atoms in total. The van der Waals surface area contributed by atoms with Crippen molar-refractivity contribution in [2.45, 2.75) is 6.54 Å². The molecule has 0 saturated carbocycles. The lowest BCUT2D eigenvalue weighted by atomic mass is 9.99. The van der Waals surface area contributed by atoms with Crippen LogP contribution in [0.25, 0.3) is 22.2 Å². The van der Waals surface area contributed by atoms with Crippen LogP contribution in [0.4, 0.5) is 10.2 Å². The SMILES string of the molecule is O=c1ccc(-c2ccncc2)nn1CC1CN(c2ncnc3ccc(F)cc23)C1. The third-order valence-electron chi connectivity index (χ3n) is 5.11. The highest BCUT2D eigenvalue weighted by molar-refractivity contribution is 5.89. The lowest BCUT2D eigenvalue weighted by molar-refractivity contribution is 0.334. The zero-order chi connectivity index (χ0) is 19.8. The summed E-state index contributed by atoms with van der Waals surface area (Å²) in [5.74, 6) is 0.664. The van der Waals surface area contributed by atoms with E-state index in [1.54, 1.807) is 30.6 Å². The van der Waals surface area contributed by atoms with E-state index in [-0.39, 0.29) is 17.3 Å². The molecule has 1 fully saturated rings. The van der Waals surface area contributed by atoms with E-state index in [0.29, 0.717) is 17.4 Å². The molecule has 1 saturated heterocycles.